The quantitative estimate of drug-likeness (QED) is 0.846. The molecule has 0 atom stereocenters. The van der Waals surface area contributed by atoms with Crippen LogP contribution in [0, 0.1) is 13.8 Å². The van der Waals surface area contributed by atoms with E-state index in [4.69, 9.17) is 0 Å². The predicted molar refractivity (Wildman–Crippen MR) is 79.4 cm³/mol. The molecule has 0 N–H and O–H groups in total. The Morgan fingerprint density at radius 3 is 2.67 bits per heavy atom. The van der Waals surface area contributed by atoms with Crippen molar-refractivity contribution in [3.8, 4) is 0 Å². The van der Waals surface area contributed by atoms with Crippen LogP contribution >= 0.6 is 38.6 Å². The van der Waals surface area contributed by atoms with Crippen LogP contribution in [0.2, 0.25) is 0 Å². The van der Waals surface area contributed by atoms with Crippen molar-refractivity contribution in [2.24, 2.45) is 0 Å². The van der Waals surface area contributed by atoms with Gasteiger partial charge in [-0.15, -0.1) is 22.7 Å². The van der Waals surface area contributed by atoms with Crippen molar-refractivity contribution in [1.82, 2.24) is 9.88 Å². The highest BCUT2D eigenvalue weighted by Gasteiger charge is 2.16. The molecule has 2 aromatic heterocycles. The van der Waals surface area contributed by atoms with Crippen molar-refractivity contribution < 1.29 is 4.79 Å². The lowest BCUT2D eigenvalue weighted by molar-refractivity contribution is 0.0791. The molecule has 0 saturated carbocycles. The molecule has 2 rings (SSSR count). The molecule has 0 unspecified atom stereocenters. The molecule has 2 aromatic rings. The van der Waals surface area contributed by atoms with Crippen LogP contribution in [0.25, 0.3) is 0 Å². The number of aryl methyl sites for hydroxylation is 2. The van der Waals surface area contributed by atoms with E-state index in [0.29, 0.717) is 6.54 Å². The average Bonchev–Trinajstić information content (AvgIpc) is 2.85. The van der Waals surface area contributed by atoms with E-state index in [1.54, 1.807) is 16.2 Å². The molecule has 0 aliphatic heterocycles. The Hall–Kier alpha value is -0.720. The number of carbonyl (C=O) groups excluding carboxylic acids is 1. The normalized spacial score (nSPS) is 10.7. The molecule has 0 bridgehead atoms. The molecule has 2 heterocycles. The number of hydrogen-bond donors (Lipinski definition) is 0. The number of rotatable bonds is 3. The topological polar surface area (TPSA) is 33.2 Å². The first-order chi connectivity index (χ1) is 8.47. The predicted octanol–water partition coefficient (Wildman–Crippen LogP) is 3.86. The minimum Gasteiger partial charge on any atom is -0.336 e. The fourth-order valence-corrected chi connectivity index (χ4v) is 3.92. The van der Waals surface area contributed by atoms with Crippen molar-refractivity contribution >= 4 is 44.5 Å². The summed E-state index contributed by atoms with van der Waals surface area (Å²) in [7, 11) is 1.82. The maximum atomic E-state index is 12.2. The van der Waals surface area contributed by atoms with E-state index in [1.165, 1.54) is 11.3 Å². The first kappa shape index (κ1) is 13.7. The fourth-order valence-electron chi connectivity index (χ4n) is 1.54. The summed E-state index contributed by atoms with van der Waals surface area (Å²) in [6.45, 7) is 4.57. The maximum Gasteiger partial charge on any atom is 0.264 e. The van der Waals surface area contributed by atoms with Gasteiger partial charge in [0.05, 0.1) is 20.2 Å². The van der Waals surface area contributed by atoms with Gasteiger partial charge in [0.1, 0.15) is 0 Å². The average molecular weight is 345 g/mol. The lowest BCUT2D eigenvalue weighted by Gasteiger charge is -2.14. The van der Waals surface area contributed by atoms with Crippen LogP contribution in [0.1, 0.15) is 25.1 Å². The summed E-state index contributed by atoms with van der Waals surface area (Å²) in [5.74, 6) is 0.0554. The van der Waals surface area contributed by atoms with Crippen molar-refractivity contribution in [3.63, 3.8) is 0 Å². The third-order valence-electron chi connectivity index (χ3n) is 2.48. The van der Waals surface area contributed by atoms with Crippen molar-refractivity contribution in [3.05, 3.63) is 36.4 Å². The molecule has 3 nitrogen and oxygen atoms in total. The lowest BCUT2D eigenvalue weighted by Crippen LogP contribution is -2.24. The number of thiophene rings is 1. The number of amides is 1. The molecule has 1 amide bonds. The molecule has 0 aliphatic carbocycles. The second-order valence-electron chi connectivity index (χ2n) is 4.07. The van der Waals surface area contributed by atoms with Gasteiger partial charge in [-0.25, -0.2) is 4.98 Å². The van der Waals surface area contributed by atoms with E-state index in [9.17, 15) is 4.79 Å². The minimum absolute atomic E-state index is 0.0554. The van der Waals surface area contributed by atoms with Gasteiger partial charge in [-0.3, -0.25) is 4.79 Å². The van der Waals surface area contributed by atoms with E-state index < -0.39 is 0 Å². The van der Waals surface area contributed by atoms with Gasteiger partial charge in [-0.2, -0.15) is 0 Å². The molecular formula is C12H13BrN2OS2. The molecular weight excluding hydrogens is 332 g/mol. The standard InChI is InChI=1S/C12H13BrN2OS2/c1-7-4-10(18-11(7)13)12(16)15(3)6-9-5-14-8(2)17-9/h4-5H,6H2,1-3H3. The Bertz CT molecular complexity index is 557. The summed E-state index contributed by atoms with van der Waals surface area (Å²) < 4.78 is 1.02. The van der Waals surface area contributed by atoms with Gasteiger partial charge in [0.25, 0.3) is 5.91 Å². The zero-order chi connectivity index (χ0) is 13.3. The van der Waals surface area contributed by atoms with Gasteiger partial charge in [0, 0.05) is 18.1 Å². The van der Waals surface area contributed by atoms with E-state index in [-0.39, 0.29) is 5.91 Å². The van der Waals surface area contributed by atoms with Crippen LogP contribution in [0.4, 0.5) is 0 Å². The van der Waals surface area contributed by atoms with Gasteiger partial charge in [-0.05, 0) is 41.4 Å². The fraction of sp³-hybridized carbons (Fsp3) is 0.333. The first-order valence-corrected chi connectivity index (χ1v) is 7.82. The Morgan fingerprint density at radius 1 is 1.44 bits per heavy atom. The summed E-state index contributed by atoms with van der Waals surface area (Å²) in [5, 5.41) is 1.03. The maximum absolute atomic E-state index is 12.2. The lowest BCUT2D eigenvalue weighted by atomic mass is 10.3. The second-order valence-corrected chi connectivity index (χ2v) is 7.76. The number of carbonyl (C=O) groups is 1. The Morgan fingerprint density at radius 2 is 2.17 bits per heavy atom. The van der Waals surface area contributed by atoms with Crippen LogP contribution in [0.5, 0.6) is 0 Å². The number of halogens is 1. The van der Waals surface area contributed by atoms with E-state index in [0.717, 1.165) is 24.1 Å². The summed E-state index contributed by atoms with van der Waals surface area (Å²) >= 11 is 6.55. The third-order valence-corrected chi connectivity index (χ3v) is 5.50. The van der Waals surface area contributed by atoms with Gasteiger partial charge in [-0.1, -0.05) is 0 Å². The van der Waals surface area contributed by atoms with Crippen LogP contribution in [0.15, 0.2) is 16.0 Å². The zero-order valence-electron chi connectivity index (χ0n) is 10.4. The molecule has 0 saturated heterocycles. The Labute approximate surface area is 123 Å². The SMILES string of the molecule is Cc1ncc(CN(C)C(=O)c2cc(C)c(Br)s2)s1. The molecule has 18 heavy (non-hydrogen) atoms. The van der Waals surface area contributed by atoms with E-state index in [2.05, 4.69) is 20.9 Å². The van der Waals surface area contributed by atoms with E-state index in [1.807, 2.05) is 33.2 Å². The molecule has 6 heteroatoms. The van der Waals surface area contributed by atoms with Gasteiger partial charge >= 0.3 is 0 Å². The highest BCUT2D eigenvalue weighted by atomic mass is 79.9. The number of nitrogens with zero attached hydrogens (tertiary/aromatic N) is 2. The van der Waals surface area contributed by atoms with Crippen LogP contribution in [0.3, 0.4) is 0 Å². The largest absolute Gasteiger partial charge is 0.336 e. The molecule has 96 valence electrons. The Kier molecular flexibility index (Phi) is 4.19. The smallest absolute Gasteiger partial charge is 0.264 e. The third kappa shape index (κ3) is 2.99. The summed E-state index contributed by atoms with van der Waals surface area (Å²) in [6, 6.07) is 1.92. The second kappa shape index (κ2) is 5.50. The molecule has 0 fully saturated rings. The first-order valence-electron chi connectivity index (χ1n) is 5.40. The number of aromatic nitrogens is 1. The summed E-state index contributed by atoms with van der Waals surface area (Å²) in [4.78, 5) is 20.0. The molecule has 0 spiro atoms. The van der Waals surface area contributed by atoms with Crippen molar-refractivity contribution in [1.29, 1.82) is 0 Å². The van der Waals surface area contributed by atoms with E-state index >= 15 is 0 Å². The highest BCUT2D eigenvalue weighted by Crippen LogP contribution is 2.28. The molecule has 0 aliphatic rings. The monoisotopic (exact) mass is 344 g/mol. The molecule has 0 aromatic carbocycles. The number of hydrogen-bond acceptors (Lipinski definition) is 4. The minimum atomic E-state index is 0.0554. The van der Waals surface area contributed by atoms with Crippen molar-refractivity contribution in [2.75, 3.05) is 7.05 Å². The number of thiazole rings is 1. The van der Waals surface area contributed by atoms with Crippen LogP contribution < -0.4 is 0 Å². The Balaban J connectivity index is 2.09. The van der Waals surface area contributed by atoms with Crippen LogP contribution in [-0.4, -0.2) is 22.8 Å². The summed E-state index contributed by atoms with van der Waals surface area (Å²) in [6.07, 6.45) is 1.83. The summed E-state index contributed by atoms with van der Waals surface area (Å²) in [5.41, 5.74) is 1.10. The highest BCUT2D eigenvalue weighted by molar-refractivity contribution is 9.11. The molecule has 0 radical (unpaired) electrons. The van der Waals surface area contributed by atoms with Gasteiger partial charge in [0.2, 0.25) is 0 Å². The van der Waals surface area contributed by atoms with Crippen molar-refractivity contribution in [2.45, 2.75) is 20.4 Å². The van der Waals surface area contributed by atoms with Crippen LogP contribution in [-0.2, 0) is 6.54 Å². The van der Waals surface area contributed by atoms with Gasteiger partial charge < -0.3 is 4.90 Å². The van der Waals surface area contributed by atoms with Gasteiger partial charge in [0.15, 0.2) is 0 Å². The zero-order valence-corrected chi connectivity index (χ0v) is 13.6.